The molecule has 0 aliphatic carbocycles. The van der Waals surface area contributed by atoms with Crippen LogP contribution in [0.25, 0.3) is 11.0 Å². The molecular weight excluding hydrogens is 335 g/mol. The third kappa shape index (κ3) is 3.46. The van der Waals surface area contributed by atoms with Crippen LogP contribution in [-0.4, -0.2) is 26.4 Å². The molecule has 5 nitrogen and oxygen atoms in total. The zero-order valence-corrected chi connectivity index (χ0v) is 14.6. The van der Waals surface area contributed by atoms with E-state index in [4.69, 9.17) is 5.11 Å². The fourth-order valence-electron chi connectivity index (χ4n) is 3.10. The van der Waals surface area contributed by atoms with E-state index in [0.29, 0.717) is 42.4 Å². The summed E-state index contributed by atoms with van der Waals surface area (Å²) in [6.45, 7) is 2.13. The van der Waals surface area contributed by atoms with Gasteiger partial charge in [0, 0.05) is 19.3 Å². The Morgan fingerprint density at radius 1 is 1.19 bits per heavy atom. The maximum absolute atomic E-state index is 13.1. The lowest BCUT2D eigenvalue weighted by Gasteiger charge is -2.14. The van der Waals surface area contributed by atoms with Crippen LogP contribution in [0.5, 0.6) is 5.75 Å². The number of hydrogen-bond acceptors (Lipinski definition) is 4. The topological polar surface area (TPSA) is 75.3 Å². The molecule has 6 heteroatoms. The van der Waals surface area contributed by atoms with Crippen molar-refractivity contribution in [3.8, 4) is 5.75 Å². The van der Waals surface area contributed by atoms with Crippen molar-refractivity contribution in [2.75, 3.05) is 6.61 Å². The van der Waals surface area contributed by atoms with Gasteiger partial charge in [0.1, 0.15) is 11.3 Å². The molecule has 0 spiro atoms. The Morgan fingerprint density at radius 2 is 1.92 bits per heavy atom. The average molecular weight is 356 g/mol. The highest BCUT2D eigenvalue weighted by atomic mass is 19.1. The van der Waals surface area contributed by atoms with Gasteiger partial charge in [0.25, 0.3) is 5.56 Å². The van der Waals surface area contributed by atoms with Crippen LogP contribution in [0.1, 0.15) is 30.0 Å². The van der Waals surface area contributed by atoms with Crippen LogP contribution in [0.4, 0.5) is 4.39 Å². The number of pyridine rings is 2. The van der Waals surface area contributed by atoms with Gasteiger partial charge in [-0.1, -0.05) is 19.1 Å². The number of aliphatic hydroxyl groups is 1. The van der Waals surface area contributed by atoms with Gasteiger partial charge in [-0.3, -0.25) is 9.78 Å². The molecule has 26 heavy (non-hydrogen) atoms. The zero-order chi connectivity index (χ0) is 18.7. The van der Waals surface area contributed by atoms with Crippen LogP contribution >= 0.6 is 0 Å². The number of aliphatic hydroxyl groups excluding tert-OH is 1. The maximum atomic E-state index is 13.1. The Hall–Kier alpha value is -2.73. The summed E-state index contributed by atoms with van der Waals surface area (Å²) in [5, 5.41) is 19.6. The maximum Gasteiger partial charge on any atom is 0.258 e. The smallest absolute Gasteiger partial charge is 0.258 e. The number of aryl methyl sites for hydroxylation is 1. The van der Waals surface area contributed by atoms with Crippen LogP contribution in [0.2, 0.25) is 0 Å². The fraction of sp³-hybridized carbons (Fsp3) is 0.300. The van der Waals surface area contributed by atoms with Gasteiger partial charge in [0.2, 0.25) is 0 Å². The monoisotopic (exact) mass is 356 g/mol. The van der Waals surface area contributed by atoms with E-state index in [1.807, 2.05) is 13.0 Å². The Morgan fingerprint density at radius 3 is 2.58 bits per heavy atom. The molecule has 0 unspecified atom stereocenters. The third-order valence-electron chi connectivity index (χ3n) is 4.44. The van der Waals surface area contributed by atoms with Gasteiger partial charge in [0.05, 0.1) is 11.1 Å². The van der Waals surface area contributed by atoms with Crippen molar-refractivity contribution < 1.29 is 14.6 Å². The fourth-order valence-corrected chi connectivity index (χ4v) is 3.10. The lowest BCUT2D eigenvalue weighted by Crippen LogP contribution is -2.25. The van der Waals surface area contributed by atoms with E-state index in [2.05, 4.69) is 4.98 Å². The minimum atomic E-state index is -0.291. The van der Waals surface area contributed by atoms with Gasteiger partial charge in [-0.05, 0) is 48.6 Å². The minimum absolute atomic E-state index is 0.0288. The molecule has 0 aliphatic rings. The number of rotatable bonds is 6. The molecule has 0 saturated carbocycles. The first-order chi connectivity index (χ1) is 12.5. The van der Waals surface area contributed by atoms with E-state index in [9.17, 15) is 14.3 Å². The Bertz CT molecular complexity index is 981. The summed E-state index contributed by atoms with van der Waals surface area (Å²) in [6, 6.07) is 8.04. The van der Waals surface area contributed by atoms with Crippen molar-refractivity contribution in [1.29, 1.82) is 0 Å². The van der Waals surface area contributed by atoms with E-state index in [1.165, 1.54) is 12.1 Å². The molecule has 0 amide bonds. The average Bonchev–Trinajstić information content (AvgIpc) is 2.64. The molecule has 3 rings (SSSR count). The van der Waals surface area contributed by atoms with Crippen molar-refractivity contribution >= 4 is 11.0 Å². The second-order valence-electron chi connectivity index (χ2n) is 6.23. The molecule has 0 fully saturated rings. The summed E-state index contributed by atoms with van der Waals surface area (Å²) >= 11 is 0. The minimum Gasteiger partial charge on any atom is -0.505 e. The molecule has 2 heterocycles. The lowest BCUT2D eigenvalue weighted by molar-refractivity contribution is 0.279. The van der Waals surface area contributed by atoms with Gasteiger partial charge in [-0.25, -0.2) is 4.39 Å². The lowest BCUT2D eigenvalue weighted by atomic mass is 10.0. The van der Waals surface area contributed by atoms with Crippen molar-refractivity contribution in [2.24, 2.45) is 0 Å². The molecule has 2 N–H and O–H groups in total. The number of aromatic nitrogens is 2. The second-order valence-corrected chi connectivity index (χ2v) is 6.23. The zero-order valence-electron chi connectivity index (χ0n) is 14.6. The predicted molar refractivity (Wildman–Crippen MR) is 98.0 cm³/mol. The molecule has 136 valence electrons. The Balaban J connectivity index is 2.11. The summed E-state index contributed by atoms with van der Waals surface area (Å²) in [4.78, 5) is 17.1. The first-order valence-electron chi connectivity index (χ1n) is 8.63. The van der Waals surface area contributed by atoms with Gasteiger partial charge in [-0.15, -0.1) is 0 Å². The molecular formula is C20H21FN2O3. The summed E-state index contributed by atoms with van der Waals surface area (Å²) in [5.41, 5.74) is 2.76. The number of fused-ring (bicyclic) bond motifs is 1. The van der Waals surface area contributed by atoms with Crippen LogP contribution in [-0.2, 0) is 19.4 Å². The van der Waals surface area contributed by atoms with Crippen molar-refractivity contribution in [3.05, 3.63) is 69.4 Å². The molecule has 0 radical (unpaired) electrons. The first-order valence-corrected chi connectivity index (χ1v) is 8.63. The van der Waals surface area contributed by atoms with Crippen molar-refractivity contribution in [3.63, 3.8) is 0 Å². The molecule has 2 aromatic heterocycles. The van der Waals surface area contributed by atoms with Crippen LogP contribution in [0.3, 0.4) is 0 Å². The first kappa shape index (κ1) is 18.1. The van der Waals surface area contributed by atoms with E-state index < -0.39 is 0 Å². The van der Waals surface area contributed by atoms with E-state index in [1.54, 1.807) is 22.9 Å². The second kappa shape index (κ2) is 7.66. The number of halogens is 1. The van der Waals surface area contributed by atoms with E-state index >= 15 is 0 Å². The SMILES string of the molecule is CCc1c(O)c2ncc(Cc3ccc(F)cc3)cc2n(CCCO)c1=O. The van der Waals surface area contributed by atoms with Gasteiger partial charge in [0.15, 0.2) is 5.75 Å². The van der Waals surface area contributed by atoms with Gasteiger partial charge >= 0.3 is 0 Å². The summed E-state index contributed by atoms with van der Waals surface area (Å²) in [6.07, 6.45) is 3.03. The highest BCUT2D eigenvalue weighted by Crippen LogP contribution is 2.26. The molecule has 0 atom stereocenters. The Kier molecular flexibility index (Phi) is 5.32. The summed E-state index contributed by atoms with van der Waals surface area (Å²) in [7, 11) is 0. The summed E-state index contributed by atoms with van der Waals surface area (Å²) in [5.74, 6) is -0.374. The van der Waals surface area contributed by atoms with Crippen molar-refractivity contribution in [2.45, 2.75) is 32.7 Å². The third-order valence-corrected chi connectivity index (χ3v) is 4.44. The molecule has 0 saturated heterocycles. The molecule has 0 bridgehead atoms. The largest absolute Gasteiger partial charge is 0.505 e. The molecule has 3 aromatic rings. The van der Waals surface area contributed by atoms with Gasteiger partial charge in [-0.2, -0.15) is 0 Å². The van der Waals surface area contributed by atoms with E-state index in [-0.39, 0.29) is 23.7 Å². The number of aromatic hydroxyl groups is 1. The van der Waals surface area contributed by atoms with E-state index in [0.717, 1.165) is 11.1 Å². The number of hydrogen-bond donors (Lipinski definition) is 2. The van der Waals surface area contributed by atoms with Crippen LogP contribution in [0.15, 0.2) is 41.3 Å². The predicted octanol–water partition coefficient (Wildman–Crippen LogP) is 2.78. The highest BCUT2D eigenvalue weighted by molar-refractivity contribution is 5.82. The van der Waals surface area contributed by atoms with Crippen molar-refractivity contribution in [1.82, 2.24) is 9.55 Å². The standard InChI is InChI=1S/C20H21FN2O3/c1-2-16-19(25)18-17(23(20(16)26)8-3-9-24)11-14(12-22-18)10-13-4-6-15(21)7-5-13/h4-7,11-12,24-25H,2-3,8-10H2,1H3. The highest BCUT2D eigenvalue weighted by Gasteiger charge is 2.16. The van der Waals surface area contributed by atoms with Crippen LogP contribution in [0, 0.1) is 5.82 Å². The normalized spacial score (nSPS) is 11.2. The van der Waals surface area contributed by atoms with Crippen LogP contribution < -0.4 is 5.56 Å². The molecule has 1 aromatic carbocycles. The molecule has 0 aliphatic heterocycles. The van der Waals surface area contributed by atoms with Gasteiger partial charge < -0.3 is 14.8 Å². The summed E-state index contributed by atoms with van der Waals surface area (Å²) < 4.78 is 14.6. The Labute approximate surface area is 150 Å². The number of benzene rings is 1. The number of nitrogens with zero attached hydrogens (tertiary/aromatic N) is 2. The quantitative estimate of drug-likeness (QED) is 0.712.